The van der Waals surface area contributed by atoms with E-state index < -0.39 is 23.1 Å². The van der Waals surface area contributed by atoms with Crippen LogP contribution < -0.4 is 0 Å². The third-order valence-corrected chi connectivity index (χ3v) is 1.04. The SMILES string of the molecule is O=C1C=C(O)C(=O)C=C1O.[Na]. The van der Waals surface area contributed by atoms with E-state index in [2.05, 4.69) is 0 Å². The number of hydrogen-bond donors (Lipinski definition) is 2. The van der Waals surface area contributed by atoms with Crippen molar-refractivity contribution >= 4 is 41.1 Å². The van der Waals surface area contributed by atoms with Crippen LogP contribution in [0.15, 0.2) is 23.7 Å². The van der Waals surface area contributed by atoms with Gasteiger partial charge >= 0.3 is 0 Å². The monoisotopic (exact) mass is 163 g/mol. The van der Waals surface area contributed by atoms with Gasteiger partial charge in [0.1, 0.15) is 0 Å². The fraction of sp³-hybridized carbons (Fsp3) is 0. The van der Waals surface area contributed by atoms with Gasteiger partial charge in [-0.05, 0) is 0 Å². The van der Waals surface area contributed by atoms with Gasteiger partial charge in [-0.15, -0.1) is 0 Å². The number of carbonyl (C=O) groups is 2. The van der Waals surface area contributed by atoms with E-state index in [1.165, 1.54) is 0 Å². The summed E-state index contributed by atoms with van der Waals surface area (Å²) in [5, 5.41) is 17.2. The maximum atomic E-state index is 10.4. The topological polar surface area (TPSA) is 74.6 Å². The quantitative estimate of drug-likeness (QED) is 0.377. The second-order valence-corrected chi connectivity index (χ2v) is 1.79. The molecule has 0 aromatic rings. The molecule has 0 aromatic carbocycles. The number of aliphatic hydroxyl groups excluding tert-OH is 2. The predicted octanol–water partition coefficient (Wildman–Crippen LogP) is -0.359. The van der Waals surface area contributed by atoms with Crippen molar-refractivity contribution in [3.63, 3.8) is 0 Å². The van der Waals surface area contributed by atoms with E-state index in [0.717, 1.165) is 0 Å². The number of hydrogen-bond acceptors (Lipinski definition) is 4. The molecule has 1 aliphatic carbocycles. The average molecular weight is 163 g/mol. The van der Waals surface area contributed by atoms with Crippen molar-refractivity contribution in [3.05, 3.63) is 23.7 Å². The van der Waals surface area contributed by atoms with E-state index in [4.69, 9.17) is 10.2 Å². The summed E-state index contributed by atoms with van der Waals surface area (Å²) in [5.74, 6) is -2.78. The fourth-order valence-corrected chi connectivity index (χ4v) is 0.538. The largest absolute Gasteiger partial charge is 0.504 e. The van der Waals surface area contributed by atoms with Crippen LogP contribution in [0.4, 0.5) is 0 Å². The Bertz CT molecular complexity index is 236. The van der Waals surface area contributed by atoms with Gasteiger partial charge in [0.25, 0.3) is 0 Å². The molecule has 0 spiro atoms. The van der Waals surface area contributed by atoms with E-state index in [1.807, 2.05) is 0 Å². The number of aliphatic hydroxyl groups is 2. The Hall–Kier alpha value is -0.580. The van der Waals surface area contributed by atoms with Gasteiger partial charge in [0, 0.05) is 41.7 Å². The Labute approximate surface area is 84.5 Å². The molecule has 0 aromatic heterocycles. The third-order valence-electron chi connectivity index (χ3n) is 1.04. The van der Waals surface area contributed by atoms with E-state index in [9.17, 15) is 9.59 Å². The second kappa shape index (κ2) is 3.71. The summed E-state index contributed by atoms with van der Waals surface area (Å²) >= 11 is 0. The van der Waals surface area contributed by atoms with Gasteiger partial charge in [0.05, 0.1) is 0 Å². The van der Waals surface area contributed by atoms with Gasteiger partial charge in [-0.3, -0.25) is 9.59 Å². The molecule has 0 fully saturated rings. The zero-order valence-electron chi connectivity index (χ0n) is 5.87. The molecule has 0 unspecified atom stereocenters. The van der Waals surface area contributed by atoms with Crippen molar-refractivity contribution in [2.24, 2.45) is 0 Å². The van der Waals surface area contributed by atoms with Crippen LogP contribution in [0.25, 0.3) is 0 Å². The predicted molar refractivity (Wildman–Crippen MR) is 37.2 cm³/mol. The van der Waals surface area contributed by atoms with E-state index >= 15 is 0 Å². The van der Waals surface area contributed by atoms with Crippen LogP contribution in [0, 0.1) is 0 Å². The van der Waals surface area contributed by atoms with Gasteiger partial charge in [-0.2, -0.15) is 0 Å². The van der Waals surface area contributed by atoms with Crippen molar-refractivity contribution in [2.75, 3.05) is 0 Å². The molecule has 4 nitrogen and oxygen atoms in total. The second-order valence-electron chi connectivity index (χ2n) is 1.79. The van der Waals surface area contributed by atoms with Crippen LogP contribution in [-0.2, 0) is 9.59 Å². The molecule has 0 saturated carbocycles. The summed E-state index contributed by atoms with van der Waals surface area (Å²) in [6.07, 6.45) is 1.36. The molecule has 1 aliphatic rings. The summed E-state index contributed by atoms with van der Waals surface area (Å²) in [4.78, 5) is 20.9. The normalized spacial score (nSPS) is 16.7. The van der Waals surface area contributed by atoms with Gasteiger partial charge in [-0.25, -0.2) is 0 Å². The summed E-state index contributed by atoms with van der Waals surface area (Å²) in [7, 11) is 0. The van der Waals surface area contributed by atoms with Gasteiger partial charge < -0.3 is 10.2 Å². The Morgan fingerprint density at radius 3 is 1.45 bits per heavy atom. The zero-order chi connectivity index (χ0) is 7.72. The molecule has 0 aliphatic heterocycles. The minimum Gasteiger partial charge on any atom is -0.504 e. The first-order chi connectivity index (χ1) is 4.61. The number of allylic oxidation sites excluding steroid dienone is 2. The molecule has 1 radical (unpaired) electrons. The Morgan fingerprint density at radius 1 is 0.909 bits per heavy atom. The Kier molecular flexibility index (Phi) is 3.51. The first-order valence-corrected chi connectivity index (χ1v) is 2.51. The maximum absolute atomic E-state index is 10.4. The summed E-state index contributed by atoms with van der Waals surface area (Å²) in [6, 6.07) is 0. The van der Waals surface area contributed by atoms with Crippen LogP contribution in [0.3, 0.4) is 0 Å². The standard InChI is InChI=1S/C6H4O4.Na/c7-3-1-4(8)6(10)2-5(3)9;/h1-2,7,10H;. The Morgan fingerprint density at radius 2 is 1.18 bits per heavy atom. The molecule has 1 rings (SSSR count). The molecule has 0 atom stereocenters. The molecule has 11 heavy (non-hydrogen) atoms. The van der Waals surface area contributed by atoms with Crippen molar-refractivity contribution in [3.8, 4) is 0 Å². The number of carbonyl (C=O) groups excluding carboxylic acids is 2. The third kappa shape index (κ3) is 2.18. The Balaban J connectivity index is 0.000001000. The first kappa shape index (κ1) is 10.4. The molecular formula is C6H4NaO4. The van der Waals surface area contributed by atoms with Crippen LogP contribution in [0.2, 0.25) is 0 Å². The van der Waals surface area contributed by atoms with E-state index in [0.29, 0.717) is 12.2 Å². The molecular weight excluding hydrogens is 159 g/mol. The molecule has 0 amide bonds. The fourth-order valence-electron chi connectivity index (χ4n) is 0.538. The van der Waals surface area contributed by atoms with Gasteiger partial charge in [0.15, 0.2) is 11.5 Å². The number of rotatable bonds is 0. The first-order valence-electron chi connectivity index (χ1n) is 2.51. The molecule has 0 heterocycles. The van der Waals surface area contributed by atoms with Crippen molar-refractivity contribution < 1.29 is 19.8 Å². The van der Waals surface area contributed by atoms with Crippen molar-refractivity contribution in [1.82, 2.24) is 0 Å². The van der Waals surface area contributed by atoms with Crippen LogP contribution in [0.1, 0.15) is 0 Å². The van der Waals surface area contributed by atoms with Crippen molar-refractivity contribution in [1.29, 1.82) is 0 Å². The maximum Gasteiger partial charge on any atom is 0.224 e. The summed E-state index contributed by atoms with van der Waals surface area (Å²) in [5.41, 5.74) is 0. The van der Waals surface area contributed by atoms with Gasteiger partial charge in [0.2, 0.25) is 11.6 Å². The molecule has 2 N–H and O–H groups in total. The summed E-state index contributed by atoms with van der Waals surface area (Å²) in [6.45, 7) is 0. The molecule has 0 saturated heterocycles. The van der Waals surface area contributed by atoms with Gasteiger partial charge in [-0.1, -0.05) is 0 Å². The van der Waals surface area contributed by atoms with E-state index in [1.54, 1.807) is 0 Å². The zero-order valence-corrected chi connectivity index (χ0v) is 7.87. The van der Waals surface area contributed by atoms with E-state index in [-0.39, 0.29) is 29.6 Å². The minimum atomic E-state index is -0.753. The van der Waals surface area contributed by atoms with Crippen LogP contribution in [0.5, 0.6) is 0 Å². The molecule has 0 bridgehead atoms. The summed E-state index contributed by atoms with van der Waals surface area (Å²) < 4.78 is 0. The molecule has 53 valence electrons. The van der Waals surface area contributed by atoms with Crippen molar-refractivity contribution in [2.45, 2.75) is 0 Å². The average Bonchev–Trinajstić information content (AvgIpc) is 1.84. The van der Waals surface area contributed by atoms with Crippen LogP contribution in [-0.4, -0.2) is 51.3 Å². The smallest absolute Gasteiger partial charge is 0.224 e. The number of ketones is 2. The minimum absolute atomic E-state index is 0. The molecule has 5 heteroatoms. The van der Waals surface area contributed by atoms with Crippen LogP contribution >= 0.6 is 0 Å².